The molecule has 0 aliphatic carbocycles. The molecule has 8 heteroatoms. The standard InChI is InChI=1S/C13H21NO5S2/c1-3-4-10(5-6-15)8-14-21(18,19)12-7-11(13(16)17)20-9(12)2/h7,10,14-15H,3-6,8H2,1-2H3,(H,16,17). The Morgan fingerprint density at radius 1 is 1.43 bits per heavy atom. The SMILES string of the molecule is CCCC(CCO)CNS(=O)(=O)c1cc(C(=O)O)sc1C. The molecule has 120 valence electrons. The molecule has 1 unspecified atom stereocenters. The van der Waals surface area contributed by atoms with Crippen molar-refractivity contribution < 1.29 is 23.4 Å². The van der Waals surface area contributed by atoms with Gasteiger partial charge >= 0.3 is 5.97 Å². The number of aromatic carboxylic acids is 1. The van der Waals surface area contributed by atoms with Crippen LogP contribution in [-0.4, -0.2) is 37.8 Å². The fourth-order valence-electron chi connectivity index (χ4n) is 2.08. The Labute approximate surface area is 128 Å². The zero-order valence-corrected chi connectivity index (χ0v) is 13.8. The molecule has 0 aliphatic heterocycles. The number of aliphatic hydroxyl groups is 1. The molecule has 6 nitrogen and oxygen atoms in total. The Morgan fingerprint density at radius 3 is 2.57 bits per heavy atom. The highest BCUT2D eigenvalue weighted by molar-refractivity contribution is 7.89. The highest BCUT2D eigenvalue weighted by Gasteiger charge is 2.23. The van der Waals surface area contributed by atoms with E-state index in [-0.39, 0.29) is 28.8 Å². The van der Waals surface area contributed by atoms with Crippen LogP contribution in [0.25, 0.3) is 0 Å². The first-order valence-corrected chi connectivity index (χ1v) is 9.06. The van der Waals surface area contributed by atoms with Gasteiger partial charge in [0.05, 0.1) is 4.90 Å². The summed E-state index contributed by atoms with van der Waals surface area (Å²) in [5, 5.41) is 17.9. The van der Waals surface area contributed by atoms with Gasteiger partial charge in [0, 0.05) is 18.0 Å². The zero-order chi connectivity index (χ0) is 16.0. The Balaban J connectivity index is 2.83. The van der Waals surface area contributed by atoms with Crippen molar-refractivity contribution in [3.05, 3.63) is 15.8 Å². The van der Waals surface area contributed by atoms with E-state index in [1.807, 2.05) is 6.92 Å². The number of nitrogens with one attached hydrogen (secondary N) is 1. The minimum atomic E-state index is -3.72. The van der Waals surface area contributed by atoms with E-state index in [4.69, 9.17) is 10.2 Å². The van der Waals surface area contributed by atoms with E-state index < -0.39 is 16.0 Å². The highest BCUT2D eigenvalue weighted by Crippen LogP contribution is 2.25. The summed E-state index contributed by atoms with van der Waals surface area (Å²) >= 11 is 0.945. The van der Waals surface area contributed by atoms with Crippen molar-refractivity contribution in [2.24, 2.45) is 5.92 Å². The Kier molecular flexibility index (Phi) is 6.79. The van der Waals surface area contributed by atoms with Crippen LogP contribution >= 0.6 is 11.3 Å². The third-order valence-electron chi connectivity index (χ3n) is 3.17. The number of hydrogen-bond acceptors (Lipinski definition) is 5. The summed E-state index contributed by atoms with van der Waals surface area (Å²) in [4.78, 5) is 11.4. The van der Waals surface area contributed by atoms with Crippen LogP contribution < -0.4 is 4.72 Å². The van der Waals surface area contributed by atoms with Crippen molar-refractivity contribution in [2.45, 2.75) is 38.0 Å². The van der Waals surface area contributed by atoms with Crippen LogP contribution in [0.1, 0.15) is 40.7 Å². The van der Waals surface area contributed by atoms with Crippen molar-refractivity contribution >= 4 is 27.3 Å². The minimum Gasteiger partial charge on any atom is -0.477 e. The maximum absolute atomic E-state index is 12.2. The molecule has 21 heavy (non-hydrogen) atoms. The maximum Gasteiger partial charge on any atom is 0.345 e. The number of hydrogen-bond donors (Lipinski definition) is 3. The lowest BCUT2D eigenvalue weighted by Gasteiger charge is -2.15. The van der Waals surface area contributed by atoms with Gasteiger partial charge in [-0.3, -0.25) is 0 Å². The lowest BCUT2D eigenvalue weighted by atomic mass is 10.0. The average Bonchev–Trinajstić information content (AvgIpc) is 2.80. The number of rotatable bonds is 9. The fourth-order valence-corrected chi connectivity index (χ4v) is 4.63. The molecule has 1 heterocycles. The van der Waals surface area contributed by atoms with Crippen LogP contribution in [0.3, 0.4) is 0 Å². The largest absolute Gasteiger partial charge is 0.477 e. The van der Waals surface area contributed by atoms with Crippen molar-refractivity contribution in [1.82, 2.24) is 4.72 Å². The van der Waals surface area contributed by atoms with Crippen molar-refractivity contribution in [1.29, 1.82) is 0 Å². The number of sulfonamides is 1. The molecule has 0 aliphatic rings. The molecule has 1 rings (SSSR count). The lowest BCUT2D eigenvalue weighted by molar-refractivity contribution is 0.0702. The maximum atomic E-state index is 12.2. The molecular weight excluding hydrogens is 314 g/mol. The van der Waals surface area contributed by atoms with Crippen LogP contribution in [0.15, 0.2) is 11.0 Å². The quantitative estimate of drug-likeness (QED) is 0.639. The second-order valence-electron chi connectivity index (χ2n) is 4.86. The van der Waals surface area contributed by atoms with Crippen LogP contribution in [-0.2, 0) is 10.0 Å². The van der Waals surface area contributed by atoms with E-state index in [2.05, 4.69) is 4.72 Å². The van der Waals surface area contributed by atoms with E-state index in [0.717, 1.165) is 24.2 Å². The summed E-state index contributed by atoms with van der Waals surface area (Å²) < 4.78 is 27.0. The summed E-state index contributed by atoms with van der Waals surface area (Å²) in [5.74, 6) is -1.05. The third-order valence-corrected chi connectivity index (χ3v) is 5.89. The normalized spacial score (nSPS) is 13.3. The topological polar surface area (TPSA) is 104 Å². The predicted molar refractivity (Wildman–Crippen MR) is 81.3 cm³/mol. The molecule has 0 amide bonds. The van der Waals surface area contributed by atoms with Gasteiger partial charge in [0.25, 0.3) is 0 Å². The molecule has 0 spiro atoms. The summed E-state index contributed by atoms with van der Waals surface area (Å²) in [6, 6.07) is 1.19. The molecule has 0 fully saturated rings. The van der Waals surface area contributed by atoms with Gasteiger partial charge < -0.3 is 10.2 Å². The summed E-state index contributed by atoms with van der Waals surface area (Å²) in [7, 11) is -3.72. The monoisotopic (exact) mass is 335 g/mol. The summed E-state index contributed by atoms with van der Waals surface area (Å²) in [5.41, 5.74) is 0. The molecule has 0 radical (unpaired) electrons. The van der Waals surface area contributed by atoms with Crippen molar-refractivity contribution in [3.63, 3.8) is 0 Å². The van der Waals surface area contributed by atoms with Gasteiger partial charge in [-0.1, -0.05) is 13.3 Å². The molecule has 1 aromatic heterocycles. The van der Waals surface area contributed by atoms with E-state index in [1.54, 1.807) is 6.92 Å². The first-order chi connectivity index (χ1) is 9.81. The van der Waals surface area contributed by atoms with Gasteiger partial charge in [0.2, 0.25) is 10.0 Å². The Bertz CT molecular complexity index is 573. The molecule has 1 atom stereocenters. The first kappa shape index (κ1) is 18.1. The van der Waals surface area contributed by atoms with Gasteiger partial charge in [0.15, 0.2) is 0 Å². The van der Waals surface area contributed by atoms with Gasteiger partial charge in [-0.2, -0.15) is 0 Å². The summed E-state index contributed by atoms with van der Waals surface area (Å²) in [6.07, 6.45) is 2.28. The highest BCUT2D eigenvalue weighted by atomic mass is 32.2. The number of carboxylic acid groups (broad SMARTS) is 1. The Hall–Kier alpha value is -0.960. The second-order valence-corrected chi connectivity index (χ2v) is 7.85. The van der Waals surface area contributed by atoms with Crippen LogP contribution in [0, 0.1) is 12.8 Å². The molecule has 0 bridgehead atoms. The third kappa shape index (κ3) is 5.06. The van der Waals surface area contributed by atoms with Crippen LogP contribution in [0.2, 0.25) is 0 Å². The van der Waals surface area contributed by atoms with Crippen molar-refractivity contribution in [2.75, 3.05) is 13.2 Å². The molecule has 0 aromatic carbocycles. The van der Waals surface area contributed by atoms with Gasteiger partial charge in [-0.25, -0.2) is 17.9 Å². The average molecular weight is 335 g/mol. The minimum absolute atomic E-state index is 0.00772. The van der Waals surface area contributed by atoms with E-state index in [1.165, 1.54) is 6.07 Å². The van der Waals surface area contributed by atoms with Gasteiger partial charge in [-0.05, 0) is 31.7 Å². The Morgan fingerprint density at radius 2 is 2.10 bits per heavy atom. The first-order valence-electron chi connectivity index (χ1n) is 6.76. The second kappa shape index (κ2) is 7.88. The van der Waals surface area contributed by atoms with Crippen LogP contribution in [0.5, 0.6) is 0 Å². The van der Waals surface area contributed by atoms with Crippen LogP contribution in [0.4, 0.5) is 0 Å². The number of aliphatic hydroxyl groups excluding tert-OH is 1. The van der Waals surface area contributed by atoms with Crippen molar-refractivity contribution in [3.8, 4) is 0 Å². The number of aryl methyl sites for hydroxylation is 1. The number of carbonyl (C=O) groups is 1. The molecule has 0 saturated carbocycles. The predicted octanol–water partition coefficient (Wildman–Crippen LogP) is 1.83. The van der Waals surface area contributed by atoms with Gasteiger partial charge in [-0.15, -0.1) is 11.3 Å². The van der Waals surface area contributed by atoms with E-state index >= 15 is 0 Å². The smallest absolute Gasteiger partial charge is 0.345 e. The van der Waals surface area contributed by atoms with E-state index in [0.29, 0.717) is 11.3 Å². The number of thiophene rings is 1. The molecule has 1 aromatic rings. The fraction of sp³-hybridized carbons (Fsp3) is 0.615. The lowest BCUT2D eigenvalue weighted by Crippen LogP contribution is -2.30. The molecule has 0 saturated heterocycles. The summed E-state index contributed by atoms with van der Waals surface area (Å²) in [6.45, 7) is 3.85. The zero-order valence-electron chi connectivity index (χ0n) is 12.1. The van der Waals surface area contributed by atoms with Gasteiger partial charge in [0.1, 0.15) is 4.88 Å². The molecule has 3 N–H and O–H groups in total. The molecular formula is C13H21NO5S2. The van der Waals surface area contributed by atoms with E-state index in [9.17, 15) is 13.2 Å². The number of carboxylic acids is 1.